The highest BCUT2D eigenvalue weighted by atomic mass is 19.3. The smallest absolute Gasteiger partial charge is 0.322 e. The molecule has 24 heavy (non-hydrogen) atoms. The molecule has 8 heteroatoms. The minimum atomic E-state index is -2.67. The number of halogens is 2. The molecule has 2 heterocycles. The number of aromatic amines is 1. The van der Waals surface area contributed by atoms with Crippen molar-refractivity contribution in [3.8, 4) is 0 Å². The maximum absolute atomic E-state index is 12.7. The highest BCUT2D eigenvalue weighted by Gasteiger charge is 2.38. The SMILES string of the molecule is CC(C)(O)C1CCCN1C(=O)Nc1ccc2nc(C(F)F)[nH]c2c1. The standard InChI is InChI=1S/C16H20F2N4O2/c1-16(2,24)12-4-3-7-22(12)15(23)19-9-5-6-10-11(8-9)21-14(20-10)13(17)18/h5-6,8,12-13,24H,3-4,7H2,1-2H3,(H,19,23)(H,20,21). The van der Waals surface area contributed by atoms with E-state index >= 15 is 0 Å². The van der Waals surface area contributed by atoms with Crippen molar-refractivity contribution in [2.24, 2.45) is 0 Å². The van der Waals surface area contributed by atoms with Crippen molar-refractivity contribution >= 4 is 22.8 Å². The Kier molecular flexibility index (Phi) is 4.16. The molecule has 1 fully saturated rings. The molecular weight excluding hydrogens is 318 g/mol. The van der Waals surface area contributed by atoms with Gasteiger partial charge in [0.25, 0.3) is 6.43 Å². The fourth-order valence-corrected chi connectivity index (χ4v) is 3.15. The van der Waals surface area contributed by atoms with Gasteiger partial charge in [0.15, 0.2) is 5.82 Å². The number of carbonyl (C=O) groups excluding carboxylic acids is 1. The van der Waals surface area contributed by atoms with Gasteiger partial charge in [-0.1, -0.05) is 0 Å². The van der Waals surface area contributed by atoms with Crippen molar-refractivity contribution in [2.75, 3.05) is 11.9 Å². The van der Waals surface area contributed by atoms with Crippen LogP contribution in [0, 0.1) is 0 Å². The first kappa shape index (κ1) is 16.6. The van der Waals surface area contributed by atoms with E-state index in [9.17, 15) is 18.7 Å². The quantitative estimate of drug-likeness (QED) is 0.803. The van der Waals surface area contributed by atoms with Gasteiger partial charge >= 0.3 is 6.03 Å². The summed E-state index contributed by atoms with van der Waals surface area (Å²) < 4.78 is 25.4. The van der Waals surface area contributed by atoms with Gasteiger partial charge < -0.3 is 20.3 Å². The van der Waals surface area contributed by atoms with Gasteiger partial charge in [0, 0.05) is 12.2 Å². The predicted molar refractivity (Wildman–Crippen MR) is 86.1 cm³/mol. The molecule has 0 saturated carbocycles. The molecule has 130 valence electrons. The summed E-state index contributed by atoms with van der Waals surface area (Å²) in [7, 11) is 0. The molecule has 3 rings (SSSR count). The summed E-state index contributed by atoms with van der Waals surface area (Å²) in [5.41, 5.74) is 0.355. The number of nitrogens with zero attached hydrogens (tertiary/aromatic N) is 2. The largest absolute Gasteiger partial charge is 0.388 e. The van der Waals surface area contributed by atoms with Gasteiger partial charge in [-0.25, -0.2) is 18.6 Å². The first-order valence-corrected chi connectivity index (χ1v) is 7.83. The average Bonchev–Trinajstić information content (AvgIpc) is 3.13. The normalized spacial score (nSPS) is 18.6. The number of fused-ring (bicyclic) bond motifs is 1. The van der Waals surface area contributed by atoms with Crippen LogP contribution < -0.4 is 5.32 Å². The average molecular weight is 338 g/mol. The molecule has 6 nitrogen and oxygen atoms in total. The molecule has 1 atom stereocenters. The van der Waals surface area contributed by atoms with E-state index in [-0.39, 0.29) is 12.1 Å². The zero-order chi connectivity index (χ0) is 17.5. The molecule has 1 aliphatic rings. The highest BCUT2D eigenvalue weighted by molar-refractivity contribution is 5.92. The Morgan fingerprint density at radius 3 is 2.92 bits per heavy atom. The summed E-state index contributed by atoms with van der Waals surface area (Å²) in [6, 6.07) is 4.20. The van der Waals surface area contributed by atoms with Gasteiger partial charge in [-0.15, -0.1) is 0 Å². The van der Waals surface area contributed by atoms with Crippen molar-refractivity contribution in [2.45, 2.75) is 44.8 Å². The van der Waals surface area contributed by atoms with Crippen LogP contribution in [-0.2, 0) is 0 Å². The van der Waals surface area contributed by atoms with E-state index in [1.165, 1.54) is 0 Å². The number of aromatic nitrogens is 2. The Balaban J connectivity index is 1.78. The monoisotopic (exact) mass is 338 g/mol. The van der Waals surface area contributed by atoms with E-state index in [2.05, 4.69) is 15.3 Å². The summed E-state index contributed by atoms with van der Waals surface area (Å²) in [6.45, 7) is 3.94. The van der Waals surface area contributed by atoms with Gasteiger partial charge in [-0.3, -0.25) is 0 Å². The van der Waals surface area contributed by atoms with Gasteiger partial charge in [-0.2, -0.15) is 0 Å². The summed E-state index contributed by atoms with van der Waals surface area (Å²) in [4.78, 5) is 20.4. The van der Waals surface area contributed by atoms with Gasteiger partial charge in [-0.05, 0) is 44.9 Å². The van der Waals surface area contributed by atoms with Gasteiger partial charge in [0.05, 0.1) is 22.7 Å². The highest BCUT2D eigenvalue weighted by Crippen LogP contribution is 2.28. The molecule has 3 N–H and O–H groups in total. The van der Waals surface area contributed by atoms with E-state index < -0.39 is 17.9 Å². The summed E-state index contributed by atoms with van der Waals surface area (Å²) >= 11 is 0. The lowest BCUT2D eigenvalue weighted by Gasteiger charge is -2.33. The number of likely N-dealkylation sites (tertiary alicyclic amines) is 1. The summed E-state index contributed by atoms with van der Waals surface area (Å²) in [5, 5.41) is 13.0. The van der Waals surface area contributed by atoms with Crippen LogP contribution in [0.2, 0.25) is 0 Å². The third kappa shape index (κ3) is 3.19. The molecule has 1 saturated heterocycles. The Morgan fingerprint density at radius 1 is 1.50 bits per heavy atom. The number of aliphatic hydroxyl groups is 1. The van der Waals surface area contributed by atoms with E-state index in [0.717, 1.165) is 12.8 Å². The molecule has 1 aliphatic heterocycles. The second kappa shape index (κ2) is 6.01. The van der Waals surface area contributed by atoms with Crippen molar-refractivity contribution in [3.05, 3.63) is 24.0 Å². The van der Waals surface area contributed by atoms with Crippen LogP contribution in [0.15, 0.2) is 18.2 Å². The number of nitrogens with one attached hydrogen (secondary N) is 2. The first-order valence-electron chi connectivity index (χ1n) is 7.83. The number of hydrogen-bond donors (Lipinski definition) is 3. The number of hydrogen-bond acceptors (Lipinski definition) is 3. The van der Waals surface area contributed by atoms with Crippen LogP contribution in [-0.4, -0.2) is 44.2 Å². The number of alkyl halides is 2. The van der Waals surface area contributed by atoms with Crippen molar-refractivity contribution < 1.29 is 18.7 Å². The first-order chi connectivity index (χ1) is 11.3. The zero-order valence-corrected chi connectivity index (χ0v) is 13.5. The number of rotatable bonds is 3. The lowest BCUT2D eigenvalue weighted by atomic mass is 9.97. The number of anilines is 1. The molecule has 2 amide bonds. The van der Waals surface area contributed by atoms with Crippen LogP contribution in [0.5, 0.6) is 0 Å². The number of imidazole rings is 1. The fourth-order valence-electron chi connectivity index (χ4n) is 3.15. The van der Waals surface area contributed by atoms with E-state index in [0.29, 0.717) is 23.3 Å². The molecule has 2 aromatic rings. The van der Waals surface area contributed by atoms with Crippen LogP contribution in [0.3, 0.4) is 0 Å². The molecule has 1 aromatic heterocycles. The Hall–Kier alpha value is -2.22. The molecule has 0 spiro atoms. The lowest BCUT2D eigenvalue weighted by molar-refractivity contribution is 0.0117. The van der Waals surface area contributed by atoms with Crippen molar-refractivity contribution in [3.63, 3.8) is 0 Å². The molecule has 0 bridgehead atoms. The number of benzene rings is 1. The Bertz CT molecular complexity index is 754. The second-order valence-corrected chi connectivity index (χ2v) is 6.59. The number of amides is 2. The zero-order valence-electron chi connectivity index (χ0n) is 13.5. The van der Waals surface area contributed by atoms with E-state index in [1.54, 1.807) is 36.9 Å². The predicted octanol–water partition coefficient (Wildman–Crippen LogP) is 3.27. The third-order valence-electron chi connectivity index (χ3n) is 4.29. The number of carbonyl (C=O) groups is 1. The molecule has 0 radical (unpaired) electrons. The van der Waals surface area contributed by atoms with Crippen LogP contribution in [0.25, 0.3) is 11.0 Å². The second-order valence-electron chi connectivity index (χ2n) is 6.59. The van der Waals surface area contributed by atoms with Crippen molar-refractivity contribution in [1.29, 1.82) is 0 Å². The van der Waals surface area contributed by atoms with Crippen LogP contribution in [0.4, 0.5) is 19.3 Å². The van der Waals surface area contributed by atoms with Crippen molar-refractivity contribution in [1.82, 2.24) is 14.9 Å². The number of H-pyrrole nitrogens is 1. The Morgan fingerprint density at radius 2 is 2.25 bits per heavy atom. The lowest BCUT2D eigenvalue weighted by Crippen LogP contribution is -2.49. The third-order valence-corrected chi connectivity index (χ3v) is 4.29. The molecule has 0 aliphatic carbocycles. The fraction of sp³-hybridized carbons (Fsp3) is 0.500. The minimum Gasteiger partial charge on any atom is -0.388 e. The summed E-state index contributed by atoms with van der Waals surface area (Å²) in [5.74, 6) is -0.393. The van der Waals surface area contributed by atoms with Gasteiger partial charge in [0.2, 0.25) is 0 Å². The molecule has 1 aromatic carbocycles. The Labute approximate surface area is 137 Å². The van der Waals surface area contributed by atoms with E-state index in [4.69, 9.17) is 0 Å². The van der Waals surface area contributed by atoms with Crippen LogP contribution in [0.1, 0.15) is 38.9 Å². The molecule has 1 unspecified atom stereocenters. The maximum atomic E-state index is 12.7. The van der Waals surface area contributed by atoms with Crippen LogP contribution >= 0.6 is 0 Å². The number of urea groups is 1. The minimum absolute atomic E-state index is 0.251. The topological polar surface area (TPSA) is 81.2 Å². The van der Waals surface area contributed by atoms with E-state index in [1.807, 2.05) is 0 Å². The van der Waals surface area contributed by atoms with Gasteiger partial charge in [0.1, 0.15) is 0 Å². The maximum Gasteiger partial charge on any atom is 0.322 e. The molecular formula is C16H20F2N4O2. The summed E-state index contributed by atoms with van der Waals surface area (Å²) in [6.07, 6.45) is -1.10.